The summed E-state index contributed by atoms with van der Waals surface area (Å²) in [5.74, 6) is 3.27. The molecular formula is C30H39N3O4. The Balaban J connectivity index is 1.69. The van der Waals surface area contributed by atoms with Gasteiger partial charge < -0.3 is 23.8 Å². The lowest BCUT2D eigenvalue weighted by molar-refractivity contribution is -0.00978. The Morgan fingerprint density at radius 2 is 1.16 bits per heavy atom. The molecule has 0 bridgehead atoms. The lowest BCUT2D eigenvalue weighted by atomic mass is 10.0. The van der Waals surface area contributed by atoms with Gasteiger partial charge in [-0.15, -0.1) is 0 Å². The Hall–Kier alpha value is -3.42. The normalized spacial score (nSPS) is 14.9. The Bertz CT molecular complexity index is 1100. The van der Waals surface area contributed by atoms with Crippen LogP contribution in [0.3, 0.4) is 0 Å². The molecule has 0 unspecified atom stereocenters. The first-order valence-electron chi connectivity index (χ1n) is 12.6. The quantitative estimate of drug-likeness (QED) is 0.376. The molecule has 0 atom stereocenters. The van der Waals surface area contributed by atoms with E-state index in [1.807, 2.05) is 24.3 Å². The van der Waals surface area contributed by atoms with E-state index in [-0.39, 0.29) is 6.17 Å². The van der Waals surface area contributed by atoms with Gasteiger partial charge in [0.05, 0.1) is 34.6 Å². The molecule has 0 spiro atoms. The Kier molecular flexibility index (Phi) is 8.79. The van der Waals surface area contributed by atoms with E-state index in [9.17, 15) is 0 Å². The highest BCUT2D eigenvalue weighted by molar-refractivity contribution is 5.47. The van der Waals surface area contributed by atoms with Crippen molar-refractivity contribution in [2.24, 2.45) is 0 Å². The fourth-order valence-electron chi connectivity index (χ4n) is 5.05. The maximum atomic E-state index is 5.73. The van der Waals surface area contributed by atoms with Gasteiger partial charge in [-0.3, -0.25) is 9.80 Å². The summed E-state index contributed by atoms with van der Waals surface area (Å²) < 4.78 is 22.3. The van der Waals surface area contributed by atoms with Crippen molar-refractivity contribution in [2.75, 3.05) is 60.5 Å². The number of benzene rings is 3. The van der Waals surface area contributed by atoms with Crippen molar-refractivity contribution in [3.8, 4) is 23.0 Å². The smallest absolute Gasteiger partial charge is 0.127 e. The maximum Gasteiger partial charge on any atom is 0.127 e. The highest BCUT2D eigenvalue weighted by Crippen LogP contribution is 2.36. The third kappa shape index (κ3) is 6.12. The number of anilines is 1. The molecule has 1 aliphatic rings. The van der Waals surface area contributed by atoms with Crippen molar-refractivity contribution in [1.82, 2.24) is 9.80 Å². The number of hydrogen-bond acceptors (Lipinski definition) is 7. The molecule has 0 N–H and O–H groups in total. The van der Waals surface area contributed by atoms with E-state index in [1.54, 1.807) is 28.4 Å². The minimum atomic E-state index is 0.101. The van der Waals surface area contributed by atoms with E-state index in [1.165, 1.54) is 11.3 Å². The van der Waals surface area contributed by atoms with Gasteiger partial charge in [0.15, 0.2) is 0 Å². The predicted octanol–water partition coefficient (Wildman–Crippen LogP) is 5.19. The molecule has 0 amide bonds. The zero-order valence-electron chi connectivity index (χ0n) is 22.9. The van der Waals surface area contributed by atoms with Gasteiger partial charge in [-0.1, -0.05) is 24.3 Å². The molecule has 7 nitrogen and oxygen atoms in total. The molecule has 1 heterocycles. The van der Waals surface area contributed by atoms with E-state index >= 15 is 0 Å². The van der Waals surface area contributed by atoms with Gasteiger partial charge in [0.25, 0.3) is 0 Å². The van der Waals surface area contributed by atoms with Crippen LogP contribution in [0.1, 0.15) is 29.3 Å². The summed E-state index contributed by atoms with van der Waals surface area (Å²) in [7, 11) is 10.9. The third-order valence-corrected chi connectivity index (χ3v) is 7.03. The van der Waals surface area contributed by atoms with E-state index in [0.717, 1.165) is 66.7 Å². The highest BCUT2D eigenvalue weighted by atomic mass is 16.5. The average Bonchev–Trinajstić information content (AvgIpc) is 2.93. The summed E-state index contributed by atoms with van der Waals surface area (Å²) in [4.78, 5) is 7.20. The monoisotopic (exact) mass is 505 g/mol. The predicted molar refractivity (Wildman–Crippen MR) is 148 cm³/mol. The fourth-order valence-corrected chi connectivity index (χ4v) is 5.05. The molecule has 0 aliphatic carbocycles. The van der Waals surface area contributed by atoms with Crippen LogP contribution in [0.4, 0.5) is 5.69 Å². The van der Waals surface area contributed by atoms with Gasteiger partial charge in [0.2, 0.25) is 0 Å². The number of ether oxygens (including phenoxy) is 4. The number of rotatable bonds is 10. The van der Waals surface area contributed by atoms with Crippen LogP contribution in [0.5, 0.6) is 23.0 Å². The number of nitrogens with zero attached hydrogens (tertiary/aromatic N) is 3. The second kappa shape index (κ2) is 12.2. The van der Waals surface area contributed by atoms with Crippen LogP contribution in [0.15, 0.2) is 60.7 Å². The van der Waals surface area contributed by atoms with Gasteiger partial charge in [0, 0.05) is 69.2 Å². The van der Waals surface area contributed by atoms with E-state index in [4.69, 9.17) is 18.9 Å². The first-order chi connectivity index (χ1) is 18.0. The van der Waals surface area contributed by atoms with Crippen LogP contribution in [0, 0.1) is 0 Å². The Morgan fingerprint density at radius 1 is 0.676 bits per heavy atom. The lowest BCUT2D eigenvalue weighted by Gasteiger charge is -2.44. The molecular weight excluding hydrogens is 466 g/mol. The molecule has 1 fully saturated rings. The Labute approximate surface area is 221 Å². The minimum absolute atomic E-state index is 0.101. The van der Waals surface area contributed by atoms with E-state index < -0.39 is 0 Å². The van der Waals surface area contributed by atoms with E-state index in [2.05, 4.69) is 65.2 Å². The SMILES string of the molecule is COc1ccc(CN2CCCN(Cc3ccc(OC)cc3OC)C2c2ccc(N(C)C)cc2)c(OC)c1. The van der Waals surface area contributed by atoms with E-state index in [0.29, 0.717) is 0 Å². The van der Waals surface area contributed by atoms with Gasteiger partial charge in [-0.25, -0.2) is 0 Å². The van der Waals surface area contributed by atoms with Gasteiger partial charge >= 0.3 is 0 Å². The van der Waals surface area contributed by atoms with Crippen LogP contribution < -0.4 is 23.8 Å². The summed E-state index contributed by atoms with van der Waals surface area (Å²) >= 11 is 0. The Morgan fingerprint density at radius 3 is 1.57 bits per heavy atom. The van der Waals surface area contributed by atoms with Gasteiger partial charge in [-0.2, -0.15) is 0 Å². The molecule has 1 aliphatic heterocycles. The second-order valence-corrected chi connectivity index (χ2v) is 9.51. The molecule has 0 radical (unpaired) electrons. The van der Waals surface area contributed by atoms with Crippen molar-refractivity contribution in [2.45, 2.75) is 25.7 Å². The number of hydrogen-bond donors (Lipinski definition) is 0. The maximum absolute atomic E-state index is 5.73. The zero-order chi connectivity index (χ0) is 26.4. The van der Waals surface area contributed by atoms with Crippen molar-refractivity contribution >= 4 is 5.69 Å². The molecule has 4 rings (SSSR count). The zero-order valence-corrected chi connectivity index (χ0v) is 22.9. The van der Waals surface area contributed by atoms with Gasteiger partial charge in [0.1, 0.15) is 23.0 Å². The van der Waals surface area contributed by atoms with Crippen LogP contribution in [0.2, 0.25) is 0 Å². The number of methoxy groups -OCH3 is 4. The molecule has 1 saturated heterocycles. The standard InChI is InChI=1S/C30H39N3O4/c1-31(2)25-12-8-22(9-13-25)30-32(20-23-10-14-26(34-3)18-28(23)36-5)16-7-17-33(30)21-24-11-15-27(35-4)19-29(24)37-6/h8-15,18-19,30H,7,16-17,20-21H2,1-6H3. The topological polar surface area (TPSA) is 46.6 Å². The summed E-state index contributed by atoms with van der Waals surface area (Å²) in [6.45, 7) is 3.52. The fraction of sp³-hybridized carbons (Fsp3) is 0.400. The molecule has 7 heteroatoms. The largest absolute Gasteiger partial charge is 0.497 e. The van der Waals surface area contributed by atoms with Crippen LogP contribution in [-0.4, -0.2) is 65.4 Å². The van der Waals surface area contributed by atoms with Crippen LogP contribution in [-0.2, 0) is 13.1 Å². The molecule has 3 aromatic carbocycles. The lowest BCUT2D eigenvalue weighted by Crippen LogP contribution is -2.47. The molecule has 0 aromatic heterocycles. The first kappa shape index (κ1) is 26.6. The highest BCUT2D eigenvalue weighted by Gasteiger charge is 2.32. The second-order valence-electron chi connectivity index (χ2n) is 9.51. The van der Waals surface area contributed by atoms with Crippen LogP contribution >= 0.6 is 0 Å². The summed E-state index contributed by atoms with van der Waals surface area (Å²) in [6.07, 6.45) is 1.17. The van der Waals surface area contributed by atoms with Crippen molar-refractivity contribution < 1.29 is 18.9 Å². The van der Waals surface area contributed by atoms with Crippen LogP contribution in [0.25, 0.3) is 0 Å². The summed E-state index contributed by atoms with van der Waals surface area (Å²) in [5.41, 5.74) is 4.74. The van der Waals surface area contributed by atoms with Crippen molar-refractivity contribution in [3.05, 3.63) is 77.4 Å². The minimum Gasteiger partial charge on any atom is -0.497 e. The summed E-state index contributed by atoms with van der Waals surface area (Å²) in [5, 5.41) is 0. The molecule has 198 valence electrons. The molecule has 37 heavy (non-hydrogen) atoms. The third-order valence-electron chi connectivity index (χ3n) is 7.03. The first-order valence-corrected chi connectivity index (χ1v) is 12.6. The average molecular weight is 506 g/mol. The van der Waals surface area contributed by atoms with Crippen molar-refractivity contribution in [3.63, 3.8) is 0 Å². The summed E-state index contributed by atoms with van der Waals surface area (Å²) in [6, 6.07) is 21.0. The molecule has 0 saturated carbocycles. The van der Waals surface area contributed by atoms with Gasteiger partial charge in [-0.05, 0) is 36.2 Å². The van der Waals surface area contributed by atoms with Crippen molar-refractivity contribution in [1.29, 1.82) is 0 Å². The molecule has 3 aromatic rings.